The zero-order chi connectivity index (χ0) is 15.6. The summed E-state index contributed by atoms with van der Waals surface area (Å²) in [7, 11) is 0. The maximum atomic E-state index is 12.6. The summed E-state index contributed by atoms with van der Waals surface area (Å²) in [5.41, 5.74) is 0.721. The number of hydrogen-bond donors (Lipinski definition) is 1. The van der Waals surface area contributed by atoms with E-state index in [1.165, 1.54) is 0 Å². The van der Waals surface area contributed by atoms with Crippen molar-refractivity contribution < 1.29 is 9.32 Å². The predicted molar refractivity (Wildman–Crippen MR) is 85.4 cm³/mol. The van der Waals surface area contributed by atoms with Crippen LogP contribution >= 0.6 is 15.9 Å². The lowest BCUT2D eigenvalue weighted by Gasteiger charge is -2.40. The Morgan fingerprint density at radius 2 is 2.09 bits per heavy atom. The molecule has 2 aromatic rings. The van der Waals surface area contributed by atoms with Gasteiger partial charge in [-0.05, 0) is 37.5 Å². The summed E-state index contributed by atoms with van der Waals surface area (Å²) in [5.74, 6) is 1.27. The SMILES string of the molecule is Cc1noc(CCNC(=O)C2(c3ccc(Br)cc3)CCC2)n1. The predicted octanol–water partition coefficient (Wildman–Crippen LogP) is 2.92. The molecule has 1 aromatic carbocycles. The van der Waals surface area contributed by atoms with Gasteiger partial charge in [-0.1, -0.05) is 39.6 Å². The molecule has 5 nitrogen and oxygen atoms in total. The maximum Gasteiger partial charge on any atom is 0.230 e. The van der Waals surface area contributed by atoms with Crippen molar-refractivity contribution in [2.24, 2.45) is 0 Å². The van der Waals surface area contributed by atoms with Gasteiger partial charge in [0.2, 0.25) is 11.8 Å². The maximum absolute atomic E-state index is 12.6. The van der Waals surface area contributed by atoms with Gasteiger partial charge in [0.05, 0.1) is 5.41 Å². The monoisotopic (exact) mass is 363 g/mol. The van der Waals surface area contributed by atoms with Gasteiger partial charge in [-0.25, -0.2) is 0 Å². The van der Waals surface area contributed by atoms with Gasteiger partial charge >= 0.3 is 0 Å². The molecular weight excluding hydrogens is 346 g/mol. The number of nitrogens with one attached hydrogen (secondary N) is 1. The molecular formula is C16H18BrN3O2. The van der Waals surface area contributed by atoms with Gasteiger partial charge in [0, 0.05) is 17.4 Å². The van der Waals surface area contributed by atoms with E-state index in [1.807, 2.05) is 24.3 Å². The second-order valence-corrected chi connectivity index (χ2v) is 6.60. The van der Waals surface area contributed by atoms with Crippen molar-refractivity contribution in [3.63, 3.8) is 0 Å². The molecule has 0 radical (unpaired) electrons. The van der Waals surface area contributed by atoms with Gasteiger partial charge in [-0.3, -0.25) is 4.79 Å². The lowest BCUT2D eigenvalue weighted by molar-refractivity contribution is -0.129. The molecule has 3 rings (SSSR count). The van der Waals surface area contributed by atoms with Crippen LogP contribution in [0.2, 0.25) is 0 Å². The van der Waals surface area contributed by atoms with E-state index in [0.717, 1.165) is 29.3 Å². The average molecular weight is 364 g/mol. The third-order valence-corrected chi connectivity index (χ3v) is 4.76. The Hall–Kier alpha value is -1.69. The fraction of sp³-hybridized carbons (Fsp3) is 0.438. The molecule has 0 saturated heterocycles. The third-order valence-electron chi connectivity index (χ3n) is 4.23. The van der Waals surface area contributed by atoms with Gasteiger partial charge in [0.15, 0.2) is 5.82 Å². The highest BCUT2D eigenvalue weighted by molar-refractivity contribution is 9.10. The van der Waals surface area contributed by atoms with Crippen molar-refractivity contribution in [1.29, 1.82) is 0 Å². The summed E-state index contributed by atoms with van der Waals surface area (Å²) >= 11 is 3.44. The van der Waals surface area contributed by atoms with Crippen molar-refractivity contribution in [2.75, 3.05) is 6.54 Å². The van der Waals surface area contributed by atoms with Crippen LogP contribution in [0.15, 0.2) is 33.3 Å². The molecule has 22 heavy (non-hydrogen) atoms. The van der Waals surface area contributed by atoms with Gasteiger partial charge in [-0.15, -0.1) is 0 Å². The highest BCUT2D eigenvalue weighted by Gasteiger charge is 2.45. The Bertz CT molecular complexity index is 662. The minimum Gasteiger partial charge on any atom is -0.355 e. The zero-order valence-electron chi connectivity index (χ0n) is 12.4. The summed E-state index contributed by atoms with van der Waals surface area (Å²) < 4.78 is 6.08. The number of aryl methyl sites for hydroxylation is 1. The molecule has 1 N–H and O–H groups in total. The number of nitrogens with zero attached hydrogens (tertiary/aromatic N) is 2. The first-order chi connectivity index (χ1) is 10.6. The van der Waals surface area contributed by atoms with Crippen LogP contribution in [0.4, 0.5) is 0 Å². The van der Waals surface area contributed by atoms with Crippen LogP contribution in [-0.2, 0) is 16.6 Å². The molecule has 1 heterocycles. The molecule has 1 fully saturated rings. The summed E-state index contributed by atoms with van der Waals surface area (Å²) in [4.78, 5) is 16.8. The molecule has 0 bridgehead atoms. The Kier molecular flexibility index (Phi) is 4.29. The smallest absolute Gasteiger partial charge is 0.230 e. The zero-order valence-corrected chi connectivity index (χ0v) is 14.0. The molecule has 1 saturated carbocycles. The van der Waals surface area contributed by atoms with Crippen molar-refractivity contribution >= 4 is 21.8 Å². The average Bonchev–Trinajstić information content (AvgIpc) is 2.85. The van der Waals surface area contributed by atoms with Gasteiger partial charge in [0.25, 0.3) is 0 Å². The highest BCUT2D eigenvalue weighted by Crippen LogP contribution is 2.44. The Balaban J connectivity index is 1.63. The van der Waals surface area contributed by atoms with Crippen LogP contribution in [-0.4, -0.2) is 22.6 Å². The summed E-state index contributed by atoms with van der Waals surface area (Å²) in [6.45, 7) is 2.29. The van der Waals surface area contributed by atoms with Crippen LogP contribution in [0, 0.1) is 6.92 Å². The van der Waals surface area contributed by atoms with Gasteiger partial charge < -0.3 is 9.84 Å². The number of aromatic nitrogens is 2. The molecule has 1 amide bonds. The summed E-state index contributed by atoms with van der Waals surface area (Å²) in [5, 5.41) is 6.76. The van der Waals surface area contributed by atoms with Crippen molar-refractivity contribution in [1.82, 2.24) is 15.5 Å². The molecule has 0 spiro atoms. The Labute approximate surface area is 137 Å². The van der Waals surface area contributed by atoms with E-state index in [1.54, 1.807) is 6.92 Å². The van der Waals surface area contributed by atoms with Gasteiger partial charge in [-0.2, -0.15) is 4.98 Å². The third kappa shape index (κ3) is 2.92. The van der Waals surface area contributed by atoms with Gasteiger partial charge in [0.1, 0.15) is 0 Å². The van der Waals surface area contributed by atoms with Crippen molar-refractivity contribution in [3.05, 3.63) is 46.0 Å². The lowest BCUT2D eigenvalue weighted by atomic mass is 9.64. The number of amides is 1. The van der Waals surface area contributed by atoms with Crippen molar-refractivity contribution in [2.45, 2.75) is 38.0 Å². The van der Waals surface area contributed by atoms with E-state index in [0.29, 0.717) is 24.7 Å². The second-order valence-electron chi connectivity index (χ2n) is 5.68. The number of hydrogen-bond acceptors (Lipinski definition) is 4. The van der Waals surface area contributed by atoms with E-state index < -0.39 is 0 Å². The molecule has 1 aliphatic carbocycles. The largest absolute Gasteiger partial charge is 0.355 e. The number of carbonyl (C=O) groups excluding carboxylic acids is 1. The van der Waals surface area contributed by atoms with Crippen LogP contribution in [0.1, 0.15) is 36.5 Å². The van der Waals surface area contributed by atoms with E-state index in [2.05, 4.69) is 31.4 Å². The molecule has 0 unspecified atom stereocenters. The molecule has 6 heteroatoms. The fourth-order valence-electron chi connectivity index (χ4n) is 2.84. The standard InChI is InChI=1S/C16H18BrN3O2/c1-11-19-14(22-20-11)7-10-18-15(21)16(8-2-9-16)12-3-5-13(17)6-4-12/h3-6H,2,7-10H2,1H3,(H,18,21). The minimum absolute atomic E-state index is 0.0947. The van der Waals surface area contributed by atoms with Crippen LogP contribution in [0.3, 0.4) is 0 Å². The number of rotatable bonds is 5. The molecule has 116 valence electrons. The summed E-state index contributed by atoms with van der Waals surface area (Å²) in [6, 6.07) is 8.04. The van der Waals surface area contributed by atoms with E-state index in [-0.39, 0.29) is 11.3 Å². The fourth-order valence-corrected chi connectivity index (χ4v) is 3.10. The van der Waals surface area contributed by atoms with Crippen LogP contribution < -0.4 is 5.32 Å². The van der Waals surface area contributed by atoms with Crippen LogP contribution in [0.5, 0.6) is 0 Å². The first kappa shape index (κ1) is 15.2. The summed E-state index contributed by atoms with van der Waals surface area (Å²) in [6.07, 6.45) is 3.45. The second kappa shape index (κ2) is 6.20. The topological polar surface area (TPSA) is 68.0 Å². The van der Waals surface area contributed by atoms with E-state index in [9.17, 15) is 4.79 Å². The Morgan fingerprint density at radius 1 is 1.36 bits per heavy atom. The number of carbonyl (C=O) groups is 1. The molecule has 1 aromatic heterocycles. The normalized spacial score (nSPS) is 16.1. The molecule has 0 atom stereocenters. The van der Waals surface area contributed by atoms with E-state index in [4.69, 9.17) is 4.52 Å². The first-order valence-electron chi connectivity index (χ1n) is 7.44. The van der Waals surface area contributed by atoms with Crippen molar-refractivity contribution in [3.8, 4) is 0 Å². The molecule has 0 aliphatic heterocycles. The minimum atomic E-state index is -0.370. The number of halogens is 1. The van der Waals surface area contributed by atoms with E-state index >= 15 is 0 Å². The lowest BCUT2D eigenvalue weighted by Crippen LogP contribution is -2.49. The quantitative estimate of drug-likeness (QED) is 0.886. The first-order valence-corrected chi connectivity index (χ1v) is 8.23. The van der Waals surface area contributed by atoms with Crippen LogP contribution in [0.25, 0.3) is 0 Å². The highest BCUT2D eigenvalue weighted by atomic mass is 79.9. The molecule has 1 aliphatic rings. The number of benzene rings is 1. The Morgan fingerprint density at radius 3 is 2.64 bits per heavy atom.